The van der Waals surface area contributed by atoms with Crippen molar-refractivity contribution >= 4 is 29.6 Å². The van der Waals surface area contributed by atoms with Gasteiger partial charge in [-0.05, 0) is 49.8 Å². The second-order valence-electron chi connectivity index (χ2n) is 7.52. The Bertz CT molecular complexity index is 1320. The summed E-state index contributed by atoms with van der Waals surface area (Å²) in [6, 6.07) is 13.2. The lowest BCUT2D eigenvalue weighted by Gasteiger charge is -2.26. The number of ether oxygens (including phenoxy) is 2. The molecule has 1 aromatic heterocycles. The smallest absolute Gasteiger partial charge is 0.335 e. The van der Waals surface area contributed by atoms with Gasteiger partial charge in [-0.2, -0.15) is 0 Å². The number of furan rings is 1. The van der Waals surface area contributed by atoms with Crippen LogP contribution in [0.1, 0.15) is 16.9 Å². The minimum atomic E-state index is -0.841. The fraction of sp³-hybridized carbons (Fsp3) is 0.125. The van der Waals surface area contributed by atoms with Gasteiger partial charge in [0.1, 0.15) is 17.1 Å². The number of aryl methyl sites for hydroxylation is 2. The van der Waals surface area contributed by atoms with Gasteiger partial charge in [-0.1, -0.05) is 23.8 Å². The molecule has 1 fully saturated rings. The summed E-state index contributed by atoms with van der Waals surface area (Å²) in [6.07, 6.45) is 1.33. The Hall–Kier alpha value is -4.33. The van der Waals surface area contributed by atoms with E-state index in [1.165, 1.54) is 12.1 Å². The summed E-state index contributed by atoms with van der Waals surface area (Å²) < 4.78 is 16.4. The van der Waals surface area contributed by atoms with Crippen LogP contribution < -0.4 is 19.7 Å². The second kappa shape index (κ2) is 7.42. The predicted octanol–water partition coefficient (Wildman–Crippen LogP) is 3.96. The number of nitrogens with zero attached hydrogens (tertiary/aromatic N) is 1. The highest BCUT2D eigenvalue weighted by Gasteiger charge is 2.37. The van der Waals surface area contributed by atoms with Crippen LogP contribution in [0.5, 0.6) is 11.5 Å². The molecule has 1 N–H and O–H groups in total. The first-order valence-electron chi connectivity index (χ1n) is 9.89. The van der Waals surface area contributed by atoms with Crippen molar-refractivity contribution in [2.45, 2.75) is 13.8 Å². The summed E-state index contributed by atoms with van der Waals surface area (Å²) in [6.45, 7) is 4.05. The van der Waals surface area contributed by atoms with Gasteiger partial charge in [0.25, 0.3) is 11.8 Å². The van der Waals surface area contributed by atoms with Crippen molar-refractivity contribution in [2.75, 3.05) is 11.7 Å². The molecule has 0 unspecified atom stereocenters. The van der Waals surface area contributed by atoms with Crippen molar-refractivity contribution < 1.29 is 28.3 Å². The number of hydrogen-bond acceptors (Lipinski definition) is 6. The summed E-state index contributed by atoms with van der Waals surface area (Å²) in [5, 5.41) is 2.20. The third-order valence-electron chi connectivity index (χ3n) is 5.28. The second-order valence-corrected chi connectivity index (χ2v) is 7.52. The summed E-state index contributed by atoms with van der Waals surface area (Å²) in [5.41, 5.74) is 3.13. The van der Waals surface area contributed by atoms with Gasteiger partial charge in [0.15, 0.2) is 11.5 Å². The van der Waals surface area contributed by atoms with Crippen molar-refractivity contribution in [3.8, 4) is 22.8 Å². The molecule has 0 saturated carbocycles. The molecule has 2 aromatic carbocycles. The highest BCUT2D eigenvalue weighted by Crippen LogP contribution is 2.36. The van der Waals surface area contributed by atoms with Crippen LogP contribution in [0.25, 0.3) is 17.4 Å². The molecule has 0 spiro atoms. The zero-order chi connectivity index (χ0) is 22.4. The monoisotopic (exact) mass is 430 g/mol. The van der Waals surface area contributed by atoms with Gasteiger partial charge in [-0.15, -0.1) is 0 Å². The largest absolute Gasteiger partial charge is 0.457 e. The van der Waals surface area contributed by atoms with Crippen molar-refractivity contribution in [3.63, 3.8) is 0 Å². The van der Waals surface area contributed by atoms with E-state index in [0.717, 1.165) is 21.6 Å². The van der Waals surface area contributed by atoms with Crippen LogP contribution in [-0.2, 0) is 9.59 Å². The van der Waals surface area contributed by atoms with Crippen molar-refractivity contribution in [2.24, 2.45) is 0 Å². The molecule has 32 heavy (non-hydrogen) atoms. The van der Waals surface area contributed by atoms with Gasteiger partial charge in [0.05, 0.1) is 5.69 Å². The topological polar surface area (TPSA) is 98.1 Å². The van der Waals surface area contributed by atoms with Crippen LogP contribution in [0.15, 0.2) is 58.5 Å². The number of anilines is 1. The number of fused-ring (bicyclic) bond motifs is 1. The number of hydrogen-bond donors (Lipinski definition) is 1. The molecule has 1 saturated heterocycles. The molecule has 8 heteroatoms. The molecule has 160 valence electrons. The predicted molar refractivity (Wildman–Crippen MR) is 115 cm³/mol. The van der Waals surface area contributed by atoms with Gasteiger partial charge in [-0.25, -0.2) is 9.69 Å². The van der Waals surface area contributed by atoms with Crippen LogP contribution >= 0.6 is 0 Å². The Morgan fingerprint density at radius 3 is 2.56 bits per heavy atom. The van der Waals surface area contributed by atoms with Gasteiger partial charge >= 0.3 is 6.03 Å². The number of carbonyl (C=O) groups excluding carboxylic acids is 3. The molecule has 0 radical (unpaired) electrons. The maximum absolute atomic E-state index is 13.1. The van der Waals surface area contributed by atoms with E-state index in [-0.39, 0.29) is 18.1 Å². The molecule has 4 amide bonds. The van der Waals surface area contributed by atoms with Crippen molar-refractivity contribution in [1.82, 2.24) is 5.32 Å². The molecular weight excluding hydrogens is 412 g/mol. The number of imide groups is 2. The SMILES string of the molecule is Cc1ccc(-c2ccc(/C=C3/C(=O)NC(=O)N(c4ccc5c(c4)OCO5)C3=O)o2)c(C)c1. The Balaban J connectivity index is 1.48. The van der Waals surface area contributed by atoms with E-state index in [0.29, 0.717) is 23.0 Å². The van der Waals surface area contributed by atoms with E-state index in [4.69, 9.17) is 13.9 Å². The fourth-order valence-electron chi connectivity index (χ4n) is 3.72. The van der Waals surface area contributed by atoms with Crippen molar-refractivity contribution in [1.29, 1.82) is 0 Å². The zero-order valence-electron chi connectivity index (χ0n) is 17.3. The molecule has 0 atom stereocenters. The first kappa shape index (κ1) is 19.6. The fourth-order valence-corrected chi connectivity index (χ4v) is 3.72. The molecule has 2 aliphatic rings. The first-order valence-corrected chi connectivity index (χ1v) is 9.89. The van der Waals surface area contributed by atoms with Crippen LogP contribution in [-0.4, -0.2) is 24.6 Å². The lowest BCUT2D eigenvalue weighted by molar-refractivity contribution is -0.122. The summed E-state index contributed by atoms with van der Waals surface area (Å²) in [4.78, 5) is 38.8. The average molecular weight is 430 g/mol. The highest BCUT2D eigenvalue weighted by atomic mass is 16.7. The standard InChI is InChI=1S/C24H18N2O6/c1-13-3-6-17(14(2)9-13)19-8-5-16(32-19)11-18-22(27)25-24(29)26(23(18)28)15-4-7-20-21(10-15)31-12-30-20/h3-11H,12H2,1-2H3,(H,25,27,29)/b18-11-. The number of barbiturate groups is 1. The molecule has 5 rings (SSSR count). The third kappa shape index (κ3) is 3.31. The van der Waals surface area contributed by atoms with Gasteiger partial charge in [-0.3, -0.25) is 14.9 Å². The Morgan fingerprint density at radius 2 is 1.75 bits per heavy atom. The van der Waals surface area contributed by atoms with E-state index < -0.39 is 17.8 Å². The summed E-state index contributed by atoms with van der Waals surface area (Å²) >= 11 is 0. The summed E-state index contributed by atoms with van der Waals surface area (Å²) in [7, 11) is 0. The number of nitrogens with one attached hydrogen (secondary N) is 1. The van der Waals surface area contributed by atoms with Crippen LogP contribution in [0.4, 0.5) is 10.5 Å². The quantitative estimate of drug-likeness (QED) is 0.499. The Morgan fingerprint density at radius 1 is 0.938 bits per heavy atom. The van der Waals surface area contributed by atoms with Gasteiger partial charge in [0, 0.05) is 11.6 Å². The average Bonchev–Trinajstić information content (AvgIpc) is 3.40. The van der Waals surface area contributed by atoms with E-state index in [1.807, 2.05) is 32.0 Å². The van der Waals surface area contributed by atoms with E-state index >= 15 is 0 Å². The number of rotatable bonds is 3. The Kier molecular flexibility index (Phi) is 4.55. The third-order valence-corrected chi connectivity index (χ3v) is 5.28. The molecule has 3 aromatic rings. The zero-order valence-corrected chi connectivity index (χ0v) is 17.3. The molecular formula is C24H18N2O6. The lowest BCUT2D eigenvalue weighted by Crippen LogP contribution is -2.54. The molecule has 2 aliphatic heterocycles. The van der Waals surface area contributed by atoms with Gasteiger partial charge in [0.2, 0.25) is 6.79 Å². The van der Waals surface area contributed by atoms with Crippen LogP contribution in [0.3, 0.4) is 0 Å². The first-order chi connectivity index (χ1) is 15.4. The minimum Gasteiger partial charge on any atom is -0.457 e. The van der Waals surface area contributed by atoms with Crippen LogP contribution in [0.2, 0.25) is 0 Å². The number of urea groups is 1. The molecule has 3 heterocycles. The van der Waals surface area contributed by atoms with E-state index in [9.17, 15) is 14.4 Å². The van der Waals surface area contributed by atoms with E-state index in [1.54, 1.807) is 24.3 Å². The Labute approximate surface area is 183 Å². The van der Waals surface area contributed by atoms with E-state index in [2.05, 4.69) is 5.32 Å². The maximum Gasteiger partial charge on any atom is 0.335 e. The summed E-state index contributed by atoms with van der Waals surface area (Å²) in [5.74, 6) is 0.304. The van der Waals surface area contributed by atoms with Gasteiger partial charge < -0.3 is 13.9 Å². The van der Waals surface area contributed by atoms with Crippen LogP contribution in [0, 0.1) is 13.8 Å². The number of amides is 4. The lowest BCUT2D eigenvalue weighted by atomic mass is 10.0. The molecule has 8 nitrogen and oxygen atoms in total. The minimum absolute atomic E-state index is 0.0594. The van der Waals surface area contributed by atoms with Crippen molar-refractivity contribution in [3.05, 3.63) is 71.0 Å². The number of carbonyl (C=O) groups is 3. The normalized spacial score (nSPS) is 16.6. The number of benzene rings is 2. The molecule has 0 aliphatic carbocycles. The highest BCUT2D eigenvalue weighted by molar-refractivity contribution is 6.39. The maximum atomic E-state index is 13.1. The molecule has 0 bridgehead atoms.